The summed E-state index contributed by atoms with van der Waals surface area (Å²) in [6.07, 6.45) is -0.558. The van der Waals surface area contributed by atoms with E-state index < -0.39 is 6.23 Å². The third kappa shape index (κ3) is 1.42. The number of rotatable bonds is 0. The van der Waals surface area contributed by atoms with Crippen molar-refractivity contribution in [3.8, 4) is 5.75 Å². The summed E-state index contributed by atoms with van der Waals surface area (Å²) in [6, 6.07) is 7.79. The number of nitrogens with one attached hydrogen (secondary N) is 1. The van der Waals surface area contributed by atoms with Crippen LogP contribution in [0.25, 0.3) is 0 Å². The maximum Gasteiger partial charge on any atom is 0.139 e. The Morgan fingerprint density at radius 3 is 3.17 bits per heavy atom. The van der Waals surface area contributed by atoms with E-state index in [1.54, 1.807) is 0 Å². The molecule has 1 aromatic carbocycles. The summed E-state index contributed by atoms with van der Waals surface area (Å²) in [7, 11) is 0. The summed E-state index contributed by atoms with van der Waals surface area (Å²) in [6.45, 7) is 0.981. The van der Waals surface area contributed by atoms with Crippen LogP contribution in [-0.4, -0.2) is 17.9 Å². The van der Waals surface area contributed by atoms with Crippen molar-refractivity contribution in [2.75, 3.05) is 6.61 Å². The molecular weight excluding hydrogens is 154 g/mol. The summed E-state index contributed by atoms with van der Waals surface area (Å²) in [5, 5.41) is 12.2. The van der Waals surface area contributed by atoms with Gasteiger partial charge in [-0.2, -0.15) is 0 Å². The highest BCUT2D eigenvalue weighted by Crippen LogP contribution is 2.19. The van der Waals surface area contributed by atoms with Gasteiger partial charge in [-0.15, -0.1) is 0 Å². The Morgan fingerprint density at radius 1 is 1.42 bits per heavy atom. The molecule has 1 aliphatic heterocycles. The molecule has 1 heterocycles. The second-order valence-electron chi connectivity index (χ2n) is 2.82. The molecule has 1 aromatic rings. The van der Waals surface area contributed by atoms with Gasteiger partial charge < -0.3 is 9.84 Å². The molecule has 2 N–H and O–H groups in total. The van der Waals surface area contributed by atoms with E-state index in [0.29, 0.717) is 13.2 Å². The number of fused-ring (bicyclic) bond motifs is 1. The highest BCUT2D eigenvalue weighted by Gasteiger charge is 2.12. The van der Waals surface area contributed by atoms with Gasteiger partial charge in [-0.25, -0.2) is 0 Å². The number of hydrogen-bond acceptors (Lipinski definition) is 3. The van der Waals surface area contributed by atoms with Crippen molar-refractivity contribution in [1.82, 2.24) is 5.32 Å². The molecule has 1 aliphatic rings. The van der Waals surface area contributed by atoms with E-state index in [-0.39, 0.29) is 0 Å². The summed E-state index contributed by atoms with van der Waals surface area (Å²) in [5.74, 6) is 0.863. The van der Waals surface area contributed by atoms with Gasteiger partial charge in [0.05, 0.1) is 0 Å². The van der Waals surface area contributed by atoms with Crippen molar-refractivity contribution >= 4 is 0 Å². The fourth-order valence-corrected chi connectivity index (χ4v) is 1.25. The molecule has 0 saturated heterocycles. The van der Waals surface area contributed by atoms with Crippen LogP contribution < -0.4 is 10.1 Å². The second-order valence-corrected chi connectivity index (χ2v) is 2.82. The summed E-state index contributed by atoms with van der Waals surface area (Å²) < 4.78 is 5.35. The molecule has 0 aromatic heterocycles. The molecule has 3 nitrogen and oxygen atoms in total. The van der Waals surface area contributed by atoms with Crippen LogP contribution in [0.3, 0.4) is 0 Å². The van der Waals surface area contributed by atoms with Crippen molar-refractivity contribution in [2.45, 2.75) is 12.8 Å². The van der Waals surface area contributed by atoms with Gasteiger partial charge in [0.25, 0.3) is 0 Å². The minimum absolute atomic E-state index is 0.316. The maximum atomic E-state index is 9.23. The molecule has 0 spiro atoms. The SMILES string of the molecule is O[C@H]1COc2ccccc2CN1. The number of aliphatic hydroxyl groups is 1. The minimum atomic E-state index is -0.558. The van der Waals surface area contributed by atoms with Crippen LogP contribution in [0.5, 0.6) is 5.75 Å². The normalized spacial score (nSPS) is 22.2. The van der Waals surface area contributed by atoms with Crippen LogP contribution in [-0.2, 0) is 6.54 Å². The maximum absolute atomic E-state index is 9.23. The first-order valence-electron chi connectivity index (χ1n) is 3.98. The van der Waals surface area contributed by atoms with E-state index in [9.17, 15) is 5.11 Å². The van der Waals surface area contributed by atoms with E-state index >= 15 is 0 Å². The first-order valence-corrected chi connectivity index (χ1v) is 3.98. The summed E-state index contributed by atoms with van der Waals surface area (Å²) >= 11 is 0. The molecule has 1 atom stereocenters. The predicted octanol–water partition coefficient (Wildman–Crippen LogP) is 0.487. The van der Waals surface area contributed by atoms with E-state index in [0.717, 1.165) is 11.3 Å². The zero-order valence-electron chi connectivity index (χ0n) is 6.66. The molecular formula is C9H11NO2. The van der Waals surface area contributed by atoms with Crippen LogP contribution in [0, 0.1) is 0 Å². The quantitative estimate of drug-likeness (QED) is 0.587. The first kappa shape index (κ1) is 7.58. The third-order valence-electron chi connectivity index (χ3n) is 1.90. The van der Waals surface area contributed by atoms with Gasteiger partial charge in [-0.1, -0.05) is 18.2 Å². The molecule has 12 heavy (non-hydrogen) atoms. The van der Waals surface area contributed by atoms with Crippen LogP contribution in [0.1, 0.15) is 5.56 Å². The second kappa shape index (κ2) is 3.13. The van der Waals surface area contributed by atoms with Crippen molar-refractivity contribution in [1.29, 1.82) is 0 Å². The lowest BCUT2D eigenvalue weighted by Gasteiger charge is -2.06. The zero-order valence-corrected chi connectivity index (χ0v) is 6.66. The Hall–Kier alpha value is -1.06. The number of hydrogen-bond donors (Lipinski definition) is 2. The summed E-state index contributed by atoms with van der Waals surface area (Å²) in [5.41, 5.74) is 1.09. The van der Waals surface area contributed by atoms with E-state index in [1.165, 1.54) is 0 Å². The van der Waals surface area contributed by atoms with E-state index in [2.05, 4.69) is 5.32 Å². The Bertz CT molecular complexity index is 248. The number of benzene rings is 1. The fourth-order valence-electron chi connectivity index (χ4n) is 1.25. The van der Waals surface area contributed by atoms with Crippen molar-refractivity contribution < 1.29 is 9.84 Å². The highest BCUT2D eigenvalue weighted by atomic mass is 16.5. The largest absolute Gasteiger partial charge is 0.489 e. The molecule has 0 aliphatic carbocycles. The van der Waals surface area contributed by atoms with Crippen LogP contribution >= 0.6 is 0 Å². The van der Waals surface area contributed by atoms with E-state index in [4.69, 9.17) is 4.74 Å². The molecule has 0 bridgehead atoms. The average molecular weight is 165 g/mol. The number of ether oxygens (including phenoxy) is 1. The van der Waals surface area contributed by atoms with Gasteiger partial charge in [-0.3, -0.25) is 5.32 Å². The van der Waals surface area contributed by atoms with Gasteiger partial charge in [0.15, 0.2) is 0 Å². The Balaban J connectivity index is 2.26. The topological polar surface area (TPSA) is 41.5 Å². The first-order chi connectivity index (χ1) is 5.86. The number of para-hydroxylation sites is 1. The zero-order chi connectivity index (χ0) is 8.39. The Labute approximate surface area is 71.0 Å². The predicted molar refractivity (Wildman–Crippen MR) is 44.8 cm³/mol. The molecule has 64 valence electrons. The van der Waals surface area contributed by atoms with Gasteiger partial charge in [-0.05, 0) is 6.07 Å². The Morgan fingerprint density at radius 2 is 2.25 bits per heavy atom. The Kier molecular flexibility index (Phi) is 1.98. The molecule has 0 radical (unpaired) electrons. The lowest BCUT2D eigenvalue weighted by Crippen LogP contribution is -2.31. The van der Waals surface area contributed by atoms with Crippen LogP contribution in [0.2, 0.25) is 0 Å². The van der Waals surface area contributed by atoms with Crippen LogP contribution in [0.15, 0.2) is 24.3 Å². The molecule has 0 fully saturated rings. The highest BCUT2D eigenvalue weighted by molar-refractivity contribution is 5.33. The van der Waals surface area contributed by atoms with Crippen molar-refractivity contribution in [2.24, 2.45) is 0 Å². The average Bonchev–Trinajstić information content (AvgIpc) is 2.29. The fraction of sp³-hybridized carbons (Fsp3) is 0.333. The van der Waals surface area contributed by atoms with Gasteiger partial charge >= 0.3 is 0 Å². The van der Waals surface area contributed by atoms with E-state index in [1.807, 2.05) is 24.3 Å². The molecule has 0 saturated carbocycles. The standard InChI is InChI=1S/C9H11NO2/c11-9-6-12-8-4-2-1-3-7(8)5-10-9/h1-4,9-11H,5-6H2/t9-/m0/s1. The van der Waals surface area contributed by atoms with Gasteiger partial charge in [0.2, 0.25) is 0 Å². The van der Waals surface area contributed by atoms with Crippen molar-refractivity contribution in [3.63, 3.8) is 0 Å². The summed E-state index contributed by atoms with van der Waals surface area (Å²) in [4.78, 5) is 0. The lowest BCUT2D eigenvalue weighted by atomic mass is 10.2. The molecule has 0 amide bonds. The molecule has 2 rings (SSSR count). The minimum Gasteiger partial charge on any atom is -0.489 e. The number of aliphatic hydroxyl groups excluding tert-OH is 1. The molecule has 0 unspecified atom stereocenters. The molecule has 3 heteroatoms. The third-order valence-corrected chi connectivity index (χ3v) is 1.90. The van der Waals surface area contributed by atoms with Gasteiger partial charge in [0, 0.05) is 12.1 Å². The smallest absolute Gasteiger partial charge is 0.139 e. The lowest BCUT2D eigenvalue weighted by molar-refractivity contribution is 0.0856. The van der Waals surface area contributed by atoms with Gasteiger partial charge in [0.1, 0.15) is 18.6 Å². The van der Waals surface area contributed by atoms with Crippen molar-refractivity contribution in [3.05, 3.63) is 29.8 Å². The van der Waals surface area contributed by atoms with Crippen LogP contribution in [0.4, 0.5) is 0 Å². The monoisotopic (exact) mass is 165 g/mol.